The minimum Gasteiger partial charge on any atom is -0.459 e. The summed E-state index contributed by atoms with van der Waals surface area (Å²) in [5, 5.41) is 13.0. The van der Waals surface area contributed by atoms with Crippen molar-refractivity contribution in [3.05, 3.63) is 27.7 Å². The van der Waals surface area contributed by atoms with E-state index in [1.807, 2.05) is 0 Å². The van der Waals surface area contributed by atoms with E-state index in [0.29, 0.717) is 22.3 Å². The zero-order valence-corrected chi connectivity index (χ0v) is 16.7. The molecule has 1 fully saturated rings. The highest BCUT2D eigenvalue weighted by atomic mass is 79.9. The highest BCUT2D eigenvalue weighted by Crippen LogP contribution is 2.32. The second-order valence-corrected chi connectivity index (χ2v) is 7.88. The summed E-state index contributed by atoms with van der Waals surface area (Å²) in [5.41, 5.74) is 8.33. The Morgan fingerprint density at radius 2 is 2.08 bits per heavy atom. The van der Waals surface area contributed by atoms with Crippen LogP contribution in [0, 0.1) is 0 Å². The van der Waals surface area contributed by atoms with Gasteiger partial charge in [-0.3, -0.25) is 0 Å². The Morgan fingerprint density at radius 1 is 1.40 bits per heavy atom. The van der Waals surface area contributed by atoms with E-state index in [-0.39, 0.29) is 12.1 Å². The first-order valence-corrected chi connectivity index (χ1v) is 9.84. The van der Waals surface area contributed by atoms with Crippen molar-refractivity contribution in [3.63, 3.8) is 0 Å². The minimum atomic E-state index is -0.682. The van der Waals surface area contributed by atoms with E-state index in [9.17, 15) is 9.90 Å². The van der Waals surface area contributed by atoms with Crippen LogP contribution in [0.25, 0.3) is 0 Å². The summed E-state index contributed by atoms with van der Waals surface area (Å²) in [6, 6.07) is 3.45. The Morgan fingerprint density at radius 3 is 2.68 bits per heavy atom. The lowest BCUT2D eigenvalue weighted by Crippen LogP contribution is -2.45. The van der Waals surface area contributed by atoms with Gasteiger partial charge in [-0.1, -0.05) is 26.2 Å². The van der Waals surface area contributed by atoms with Crippen molar-refractivity contribution in [2.75, 3.05) is 12.3 Å². The molecular weight excluding hydrogens is 384 g/mol. The van der Waals surface area contributed by atoms with Gasteiger partial charge in [0.1, 0.15) is 6.61 Å². The molecule has 0 amide bonds. The fourth-order valence-electron chi connectivity index (χ4n) is 3.39. The molecular formula is C19H29BrN2O3. The summed E-state index contributed by atoms with van der Waals surface area (Å²) < 4.78 is 5.79. The minimum absolute atomic E-state index is 0.0205. The average molecular weight is 413 g/mol. The molecule has 25 heavy (non-hydrogen) atoms. The molecule has 1 unspecified atom stereocenters. The highest BCUT2D eigenvalue weighted by Gasteiger charge is 2.29. The highest BCUT2D eigenvalue weighted by molar-refractivity contribution is 9.10. The molecule has 140 valence electrons. The predicted molar refractivity (Wildman–Crippen MR) is 103 cm³/mol. The van der Waals surface area contributed by atoms with Crippen molar-refractivity contribution in [3.8, 4) is 0 Å². The first-order valence-electron chi connectivity index (χ1n) is 9.05. The van der Waals surface area contributed by atoms with Gasteiger partial charge >= 0.3 is 5.97 Å². The third-order valence-electron chi connectivity index (χ3n) is 5.05. The van der Waals surface area contributed by atoms with Crippen LogP contribution in [-0.4, -0.2) is 29.3 Å². The molecule has 1 aliphatic rings. The van der Waals surface area contributed by atoms with Crippen LogP contribution < -0.4 is 11.1 Å². The lowest BCUT2D eigenvalue weighted by molar-refractivity contribution is 0.0296. The third kappa shape index (κ3) is 5.43. The molecule has 1 aromatic rings. The SMILES string of the molecule is CCC1(NCc2cc(C(=O)OCC(C)O)cc(Br)c2N)CCCCC1. The van der Waals surface area contributed by atoms with Gasteiger partial charge in [0.25, 0.3) is 0 Å². The van der Waals surface area contributed by atoms with Gasteiger partial charge in [-0.15, -0.1) is 0 Å². The third-order valence-corrected chi connectivity index (χ3v) is 5.70. The largest absolute Gasteiger partial charge is 0.459 e. The number of nitrogen functional groups attached to an aromatic ring is 1. The number of hydrogen-bond donors (Lipinski definition) is 3. The molecule has 1 atom stereocenters. The number of anilines is 1. The van der Waals surface area contributed by atoms with Crippen LogP contribution in [0.15, 0.2) is 16.6 Å². The van der Waals surface area contributed by atoms with Gasteiger partial charge in [-0.05, 0) is 59.8 Å². The number of rotatable bonds is 7. The maximum atomic E-state index is 12.2. The molecule has 0 saturated heterocycles. The zero-order valence-electron chi connectivity index (χ0n) is 15.1. The lowest BCUT2D eigenvalue weighted by Gasteiger charge is -2.38. The van der Waals surface area contributed by atoms with Gasteiger partial charge in [0, 0.05) is 16.6 Å². The molecule has 5 nitrogen and oxygen atoms in total. The van der Waals surface area contributed by atoms with Crippen molar-refractivity contribution in [1.29, 1.82) is 0 Å². The molecule has 0 aromatic heterocycles. The molecule has 0 bridgehead atoms. The van der Waals surface area contributed by atoms with E-state index in [2.05, 4.69) is 28.2 Å². The number of aliphatic hydroxyl groups excluding tert-OH is 1. The van der Waals surface area contributed by atoms with Crippen molar-refractivity contribution in [2.45, 2.75) is 70.6 Å². The van der Waals surface area contributed by atoms with E-state index in [1.54, 1.807) is 19.1 Å². The summed E-state index contributed by atoms with van der Waals surface area (Å²) in [5.74, 6) is -0.453. The smallest absolute Gasteiger partial charge is 0.338 e. The number of nitrogens with one attached hydrogen (secondary N) is 1. The van der Waals surface area contributed by atoms with Crippen molar-refractivity contribution in [1.82, 2.24) is 5.32 Å². The van der Waals surface area contributed by atoms with Crippen LogP contribution in [0.1, 0.15) is 68.3 Å². The maximum Gasteiger partial charge on any atom is 0.338 e. The van der Waals surface area contributed by atoms with E-state index < -0.39 is 12.1 Å². The second kappa shape index (κ2) is 9.01. The summed E-state index contributed by atoms with van der Waals surface area (Å²) in [6.07, 6.45) is 6.59. The Balaban J connectivity index is 2.12. The molecule has 6 heteroatoms. The molecule has 0 radical (unpaired) electrons. The Kier molecular flexibility index (Phi) is 7.28. The van der Waals surface area contributed by atoms with Crippen LogP contribution in [0.5, 0.6) is 0 Å². The van der Waals surface area contributed by atoms with Crippen LogP contribution in [0.4, 0.5) is 5.69 Å². The molecule has 4 N–H and O–H groups in total. The van der Waals surface area contributed by atoms with Gasteiger partial charge in [-0.25, -0.2) is 4.79 Å². The summed E-state index contributed by atoms with van der Waals surface area (Å²) in [6.45, 7) is 4.40. The maximum absolute atomic E-state index is 12.2. The second-order valence-electron chi connectivity index (χ2n) is 7.03. The number of esters is 1. The monoisotopic (exact) mass is 412 g/mol. The first kappa shape index (κ1) is 20.2. The van der Waals surface area contributed by atoms with Crippen LogP contribution in [-0.2, 0) is 11.3 Å². The quantitative estimate of drug-likeness (QED) is 0.468. The summed E-state index contributed by atoms with van der Waals surface area (Å²) in [7, 11) is 0. The normalized spacial score (nSPS) is 17.9. The molecule has 0 spiro atoms. The molecule has 1 aromatic carbocycles. The van der Waals surface area contributed by atoms with Crippen LogP contribution >= 0.6 is 15.9 Å². The number of aliphatic hydroxyl groups is 1. The molecule has 0 heterocycles. The lowest BCUT2D eigenvalue weighted by atomic mass is 9.79. The topological polar surface area (TPSA) is 84.6 Å². The van der Waals surface area contributed by atoms with Gasteiger partial charge < -0.3 is 20.9 Å². The van der Waals surface area contributed by atoms with Crippen molar-refractivity contribution >= 4 is 27.6 Å². The molecule has 1 saturated carbocycles. The number of nitrogens with two attached hydrogens (primary N) is 1. The Labute approximate surface area is 158 Å². The molecule has 2 rings (SSSR count). The van der Waals surface area contributed by atoms with E-state index in [1.165, 1.54) is 32.1 Å². The molecule has 1 aliphatic carbocycles. The molecule has 0 aliphatic heterocycles. The zero-order chi connectivity index (χ0) is 18.4. The number of carbonyl (C=O) groups is 1. The van der Waals surface area contributed by atoms with E-state index in [0.717, 1.165) is 12.0 Å². The number of ether oxygens (including phenoxy) is 1. The summed E-state index contributed by atoms with van der Waals surface area (Å²) in [4.78, 5) is 12.2. The number of hydrogen-bond acceptors (Lipinski definition) is 5. The van der Waals surface area contributed by atoms with E-state index >= 15 is 0 Å². The fourth-order valence-corrected chi connectivity index (χ4v) is 3.89. The van der Waals surface area contributed by atoms with Crippen molar-refractivity contribution < 1.29 is 14.6 Å². The van der Waals surface area contributed by atoms with Crippen molar-refractivity contribution in [2.24, 2.45) is 0 Å². The van der Waals surface area contributed by atoms with Gasteiger partial charge in [0.05, 0.1) is 17.4 Å². The van der Waals surface area contributed by atoms with Gasteiger partial charge in [0.2, 0.25) is 0 Å². The van der Waals surface area contributed by atoms with Crippen LogP contribution in [0.2, 0.25) is 0 Å². The fraction of sp³-hybridized carbons (Fsp3) is 0.632. The Bertz CT molecular complexity index is 599. The Hall–Kier alpha value is -1.11. The van der Waals surface area contributed by atoms with Crippen LogP contribution in [0.3, 0.4) is 0 Å². The summed E-state index contributed by atoms with van der Waals surface area (Å²) >= 11 is 3.43. The van der Waals surface area contributed by atoms with Gasteiger partial charge in [0.15, 0.2) is 0 Å². The number of halogens is 1. The number of benzene rings is 1. The number of carbonyl (C=O) groups excluding carboxylic acids is 1. The van der Waals surface area contributed by atoms with Gasteiger partial charge in [-0.2, -0.15) is 0 Å². The predicted octanol–water partition coefficient (Wildman–Crippen LogP) is 3.77. The first-order chi connectivity index (χ1) is 11.9. The van der Waals surface area contributed by atoms with E-state index in [4.69, 9.17) is 10.5 Å². The average Bonchev–Trinajstić information content (AvgIpc) is 2.61. The standard InChI is InChI=1S/C19H29BrN2O3/c1-3-19(7-5-4-6-8-19)22-11-15-9-14(10-16(20)17(15)21)18(24)25-12-13(2)23/h9-10,13,22-23H,3-8,11-12,21H2,1-2H3.